The van der Waals surface area contributed by atoms with Gasteiger partial charge in [-0.25, -0.2) is 14.6 Å². The average Bonchev–Trinajstić information content (AvgIpc) is 3.40. The first kappa shape index (κ1) is 17.2. The van der Waals surface area contributed by atoms with Crippen LogP contribution in [0.2, 0.25) is 0 Å². The van der Waals surface area contributed by atoms with Crippen LogP contribution in [0.4, 0.5) is 0 Å². The lowest BCUT2D eigenvalue weighted by atomic mass is 10.1. The van der Waals surface area contributed by atoms with Crippen molar-refractivity contribution in [3.8, 4) is 22.8 Å². The molecule has 0 saturated carbocycles. The zero-order valence-corrected chi connectivity index (χ0v) is 15.8. The summed E-state index contributed by atoms with van der Waals surface area (Å²) < 4.78 is 4.09. The van der Waals surface area contributed by atoms with Crippen LogP contribution >= 0.6 is 0 Å². The van der Waals surface area contributed by atoms with Crippen molar-refractivity contribution in [1.82, 2.24) is 34.5 Å². The number of aromatic amines is 1. The molecule has 138 valence electrons. The minimum atomic E-state index is 0.176. The molecule has 4 aromatic rings. The second-order valence-corrected chi connectivity index (χ2v) is 6.71. The van der Waals surface area contributed by atoms with Crippen LogP contribution in [0, 0.1) is 6.92 Å². The lowest BCUT2D eigenvalue weighted by Crippen LogP contribution is -2.12. The second-order valence-electron chi connectivity index (χ2n) is 6.71. The van der Waals surface area contributed by atoms with Crippen molar-refractivity contribution in [2.75, 3.05) is 0 Å². The summed E-state index contributed by atoms with van der Waals surface area (Å²) in [4.78, 5) is 9.28. The molecule has 0 bridgehead atoms. The third-order valence-electron chi connectivity index (χ3n) is 4.71. The van der Waals surface area contributed by atoms with E-state index in [1.54, 1.807) is 6.33 Å². The van der Waals surface area contributed by atoms with E-state index in [1.165, 1.54) is 0 Å². The van der Waals surface area contributed by atoms with E-state index >= 15 is 0 Å². The monoisotopic (exact) mass is 361 g/mol. The topological polar surface area (TPSA) is 77.2 Å². The summed E-state index contributed by atoms with van der Waals surface area (Å²) in [6.07, 6.45) is 4.31. The molecular weight excluding hydrogens is 338 g/mol. The van der Waals surface area contributed by atoms with Gasteiger partial charge in [0.05, 0.1) is 17.7 Å². The maximum atomic E-state index is 4.74. The van der Waals surface area contributed by atoms with Gasteiger partial charge in [-0.05, 0) is 26.8 Å². The Morgan fingerprint density at radius 2 is 1.96 bits per heavy atom. The Morgan fingerprint density at radius 3 is 2.67 bits per heavy atom. The van der Waals surface area contributed by atoms with Gasteiger partial charge in [0.25, 0.3) is 0 Å². The van der Waals surface area contributed by atoms with E-state index < -0.39 is 0 Å². The Morgan fingerprint density at radius 1 is 1.15 bits per heavy atom. The van der Waals surface area contributed by atoms with Crippen LogP contribution in [0.3, 0.4) is 0 Å². The van der Waals surface area contributed by atoms with Crippen molar-refractivity contribution in [1.29, 1.82) is 0 Å². The fraction of sp³-hybridized carbons (Fsp3) is 0.300. The minimum Gasteiger partial charge on any atom is -0.324 e. The van der Waals surface area contributed by atoms with Crippen LogP contribution in [0.1, 0.15) is 31.3 Å². The molecule has 0 amide bonds. The van der Waals surface area contributed by atoms with Gasteiger partial charge in [-0.1, -0.05) is 30.3 Å². The van der Waals surface area contributed by atoms with Crippen molar-refractivity contribution in [3.63, 3.8) is 0 Å². The molecule has 0 radical (unpaired) electrons. The lowest BCUT2D eigenvalue weighted by molar-refractivity contribution is 0.537. The smallest absolute Gasteiger partial charge is 0.177 e. The molecule has 3 heterocycles. The Labute approximate surface area is 158 Å². The molecule has 1 unspecified atom stereocenters. The number of H-pyrrole nitrogens is 1. The highest BCUT2D eigenvalue weighted by molar-refractivity contribution is 5.75. The maximum Gasteiger partial charge on any atom is 0.177 e. The van der Waals surface area contributed by atoms with Crippen LogP contribution in [-0.4, -0.2) is 34.5 Å². The molecule has 1 aromatic carbocycles. The van der Waals surface area contributed by atoms with Crippen molar-refractivity contribution in [2.24, 2.45) is 0 Å². The fourth-order valence-electron chi connectivity index (χ4n) is 3.38. The molecule has 0 aliphatic heterocycles. The number of hydrogen-bond donors (Lipinski definition) is 1. The first-order chi connectivity index (χ1) is 13.2. The quantitative estimate of drug-likeness (QED) is 0.568. The van der Waals surface area contributed by atoms with Crippen LogP contribution in [-0.2, 0) is 13.0 Å². The van der Waals surface area contributed by atoms with Crippen LogP contribution < -0.4 is 0 Å². The number of benzene rings is 1. The zero-order chi connectivity index (χ0) is 18.8. The number of nitrogens with one attached hydrogen (secondary N) is 1. The third-order valence-corrected chi connectivity index (χ3v) is 4.71. The van der Waals surface area contributed by atoms with Gasteiger partial charge < -0.3 is 4.57 Å². The van der Waals surface area contributed by atoms with Gasteiger partial charge in [-0.15, -0.1) is 0 Å². The largest absolute Gasteiger partial charge is 0.324 e. The average molecular weight is 361 g/mol. The van der Waals surface area contributed by atoms with E-state index in [0.717, 1.165) is 47.1 Å². The van der Waals surface area contributed by atoms with E-state index in [2.05, 4.69) is 56.9 Å². The summed E-state index contributed by atoms with van der Waals surface area (Å²) in [6.45, 7) is 7.01. The molecule has 7 heteroatoms. The zero-order valence-electron chi connectivity index (χ0n) is 15.8. The van der Waals surface area contributed by atoms with Gasteiger partial charge >= 0.3 is 0 Å². The highest BCUT2D eigenvalue weighted by atomic mass is 15.3. The van der Waals surface area contributed by atoms with E-state index in [1.807, 2.05) is 36.1 Å². The molecule has 3 aromatic heterocycles. The maximum absolute atomic E-state index is 4.74. The Kier molecular flexibility index (Phi) is 4.58. The van der Waals surface area contributed by atoms with Gasteiger partial charge in [-0.2, -0.15) is 10.2 Å². The first-order valence-corrected chi connectivity index (χ1v) is 9.18. The molecule has 0 saturated heterocycles. The standard InChI is InChI=1S/C20H23N7/c1-4-27-20(21-12-23-27)19-18(16-8-6-5-7-9-16)22-13-26(19)15(3)11-17-10-14(2)24-25-17/h5-10,12-13,15H,4,11H2,1-3H3,(H,24,25). The lowest BCUT2D eigenvalue weighted by Gasteiger charge is -2.16. The second kappa shape index (κ2) is 7.19. The van der Waals surface area contributed by atoms with E-state index in [-0.39, 0.29) is 6.04 Å². The van der Waals surface area contributed by atoms with Crippen LogP contribution in [0.15, 0.2) is 49.1 Å². The molecule has 1 atom stereocenters. The minimum absolute atomic E-state index is 0.176. The normalized spacial score (nSPS) is 12.4. The summed E-state index contributed by atoms with van der Waals surface area (Å²) in [5.41, 5.74) is 5.08. The number of imidazole rings is 1. The number of hydrogen-bond acceptors (Lipinski definition) is 4. The predicted molar refractivity (Wildman–Crippen MR) is 104 cm³/mol. The molecule has 27 heavy (non-hydrogen) atoms. The first-order valence-electron chi connectivity index (χ1n) is 9.18. The Hall–Kier alpha value is -3.22. The van der Waals surface area contributed by atoms with Gasteiger partial charge in [0, 0.05) is 30.3 Å². The highest BCUT2D eigenvalue weighted by Gasteiger charge is 2.22. The Bertz CT molecular complexity index is 1030. The number of rotatable bonds is 6. The fourth-order valence-corrected chi connectivity index (χ4v) is 3.38. The summed E-state index contributed by atoms with van der Waals surface area (Å²) in [7, 11) is 0. The molecular formula is C20H23N7. The van der Waals surface area contributed by atoms with Gasteiger partial charge in [0.2, 0.25) is 0 Å². The predicted octanol–water partition coefficient (Wildman–Crippen LogP) is 3.66. The highest BCUT2D eigenvalue weighted by Crippen LogP contribution is 2.32. The van der Waals surface area contributed by atoms with Crippen molar-refractivity contribution < 1.29 is 0 Å². The van der Waals surface area contributed by atoms with Gasteiger partial charge in [-0.3, -0.25) is 5.10 Å². The Balaban J connectivity index is 1.81. The molecule has 1 N–H and O–H groups in total. The van der Waals surface area contributed by atoms with Gasteiger partial charge in [0.1, 0.15) is 12.0 Å². The van der Waals surface area contributed by atoms with Crippen molar-refractivity contribution in [3.05, 3.63) is 60.4 Å². The molecule has 0 fully saturated rings. The van der Waals surface area contributed by atoms with E-state index in [4.69, 9.17) is 4.98 Å². The summed E-state index contributed by atoms with van der Waals surface area (Å²) in [6, 6.07) is 12.5. The van der Waals surface area contributed by atoms with E-state index in [9.17, 15) is 0 Å². The summed E-state index contributed by atoms with van der Waals surface area (Å²) >= 11 is 0. The van der Waals surface area contributed by atoms with Crippen molar-refractivity contribution >= 4 is 0 Å². The van der Waals surface area contributed by atoms with Crippen molar-refractivity contribution in [2.45, 2.75) is 39.8 Å². The van der Waals surface area contributed by atoms with Crippen LogP contribution in [0.25, 0.3) is 22.8 Å². The summed E-state index contributed by atoms with van der Waals surface area (Å²) in [5, 5.41) is 11.8. The molecule has 0 spiro atoms. The van der Waals surface area contributed by atoms with Gasteiger partial charge in [0.15, 0.2) is 5.82 Å². The SMILES string of the molecule is CCn1ncnc1-c1c(-c2ccccc2)ncn1C(C)Cc1cc(C)[nH]n1. The molecule has 4 rings (SSSR count). The number of aryl methyl sites for hydroxylation is 2. The summed E-state index contributed by atoms with van der Waals surface area (Å²) in [5.74, 6) is 0.832. The molecule has 0 aliphatic carbocycles. The van der Waals surface area contributed by atoms with Crippen LogP contribution in [0.5, 0.6) is 0 Å². The number of aromatic nitrogens is 7. The van der Waals surface area contributed by atoms with E-state index in [0.29, 0.717) is 0 Å². The molecule has 0 aliphatic rings. The molecule has 7 nitrogen and oxygen atoms in total. The number of nitrogens with zero attached hydrogens (tertiary/aromatic N) is 6. The third kappa shape index (κ3) is 3.28.